The average molecular weight is 210 g/mol. The van der Waals surface area contributed by atoms with Crippen molar-refractivity contribution < 1.29 is 0 Å². The van der Waals surface area contributed by atoms with Crippen LogP contribution in [0.15, 0.2) is 0 Å². The quantitative estimate of drug-likeness (QED) is 0.723. The van der Waals surface area contributed by atoms with Gasteiger partial charge in [0.2, 0.25) is 0 Å². The molecule has 0 aromatic rings. The Balaban J connectivity index is 1.60. The summed E-state index contributed by atoms with van der Waals surface area (Å²) in [6, 6.07) is 1.74. The predicted octanol–water partition coefficient (Wildman–Crippen LogP) is 2.25. The zero-order chi connectivity index (χ0) is 10.7. The van der Waals surface area contributed by atoms with Gasteiger partial charge in [0, 0.05) is 25.2 Å². The van der Waals surface area contributed by atoms with E-state index in [4.69, 9.17) is 0 Å². The number of hydrogen-bond donors (Lipinski definition) is 1. The number of hydrogen-bond acceptors (Lipinski definition) is 2. The van der Waals surface area contributed by atoms with Crippen molar-refractivity contribution >= 4 is 0 Å². The van der Waals surface area contributed by atoms with E-state index >= 15 is 0 Å². The van der Waals surface area contributed by atoms with Gasteiger partial charge < -0.3 is 10.2 Å². The molecule has 0 aliphatic heterocycles. The molecule has 0 aromatic heterocycles. The fourth-order valence-corrected chi connectivity index (χ4v) is 2.92. The van der Waals surface area contributed by atoms with Crippen LogP contribution >= 0.6 is 0 Å². The second-order valence-corrected chi connectivity index (χ2v) is 5.37. The Kier molecular flexibility index (Phi) is 4.04. The molecule has 2 atom stereocenters. The lowest BCUT2D eigenvalue weighted by molar-refractivity contribution is 0.301. The Morgan fingerprint density at radius 3 is 2.67 bits per heavy atom. The van der Waals surface area contributed by atoms with Crippen molar-refractivity contribution in [3.63, 3.8) is 0 Å². The maximum Gasteiger partial charge on any atom is 0.0107 e. The van der Waals surface area contributed by atoms with Gasteiger partial charge in [-0.25, -0.2) is 0 Å². The van der Waals surface area contributed by atoms with Gasteiger partial charge in [-0.1, -0.05) is 19.8 Å². The van der Waals surface area contributed by atoms with E-state index in [1.807, 2.05) is 0 Å². The van der Waals surface area contributed by atoms with Gasteiger partial charge in [-0.2, -0.15) is 0 Å². The third kappa shape index (κ3) is 3.18. The first kappa shape index (κ1) is 11.4. The molecule has 2 nitrogen and oxygen atoms in total. The van der Waals surface area contributed by atoms with Crippen molar-refractivity contribution in [1.82, 2.24) is 10.2 Å². The monoisotopic (exact) mass is 210 g/mol. The van der Waals surface area contributed by atoms with E-state index in [0.29, 0.717) is 0 Å². The van der Waals surface area contributed by atoms with Crippen LogP contribution in [0.4, 0.5) is 0 Å². The van der Waals surface area contributed by atoms with Crippen LogP contribution in [0.1, 0.15) is 45.4 Å². The Labute approximate surface area is 94.4 Å². The minimum absolute atomic E-state index is 0.822. The molecule has 2 rings (SSSR count). The summed E-state index contributed by atoms with van der Waals surface area (Å²) in [5, 5.41) is 3.75. The molecular formula is C13H26N2. The van der Waals surface area contributed by atoms with Gasteiger partial charge in [-0.05, 0) is 38.6 Å². The molecule has 2 saturated carbocycles. The molecular weight excluding hydrogens is 184 g/mol. The molecule has 0 radical (unpaired) electrons. The van der Waals surface area contributed by atoms with Crippen LogP contribution in [0, 0.1) is 5.92 Å². The highest BCUT2D eigenvalue weighted by atomic mass is 15.2. The SMILES string of the molecule is CCC1CCCC1NCCN(C)C1CC1. The highest BCUT2D eigenvalue weighted by molar-refractivity contribution is 4.85. The Bertz CT molecular complexity index is 189. The Hall–Kier alpha value is -0.0800. The lowest BCUT2D eigenvalue weighted by atomic mass is 10.0. The van der Waals surface area contributed by atoms with Gasteiger partial charge in [-0.3, -0.25) is 0 Å². The largest absolute Gasteiger partial charge is 0.312 e. The maximum atomic E-state index is 3.75. The number of nitrogens with one attached hydrogen (secondary N) is 1. The van der Waals surface area contributed by atoms with E-state index in [1.54, 1.807) is 0 Å². The van der Waals surface area contributed by atoms with Crippen molar-refractivity contribution in [3.8, 4) is 0 Å². The minimum Gasteiger partial charge on any atom is -0.312 e. The third-order valence-electron chi connectivity index (χ3n) is 4.22. The summed E-state index contributed by atoms with van der Waals surface area (Å²) in [5.41, 5.74) is 0. The number of likely N-dealkylation sites (N-methyl/N-ethyl adjacent to an activating group) is 1. The molecule has 0 saturated heterocycles. The molecule has 2 aliphatic rings. The zero-order valence-electron chi connectivity index (χ0n) is 10.3. The van der Waals surface area contributed by atoms with Gasteiger partial charge in [0.05, 0.1) is 0 Å². The van der Waals surface area contributed by atoms with Gasteiger partial charge in [0.15, 0.2) is 0 Å². The topological polar surface area (TPSA) is 15.3 Å². The smallest absolute Gasteiger partial charge is 0.0107 e. The third-order valence-corrected chi connectivity index (χ3v) is 4.22. The van der Waals surface area contributed by atoms with Crippen LogP contribution in [-0.2, 0) is 0 Å². The molecule has 0 amide bonds. The normalized spacial score (nSPS) is 31.4. The standard InChI is InChI=1S/C13H26N2/c1-3-11-5-4-6-13(11)14-9-10-15(2)12-7-8-12/h11-14H,3-10H2,1-2H3. The summed E-state index contributed by atoms with van der Waals surface area (Å²) < 4.78 is 0. The van der Waals surface area contributed by atoms with Gasteiger partial charge in [0.25, 0.3) is 0 Å². The fourth-order valence-electron chi connectivity index (χ4n) is 2.92. The molecule has 2 unspecified atom stereocenters. The summed E-state index contributed by atoms with van der Waals surface area (Å²) >= 11 is 0. The summed E-state index contributed by atoms with van der Waals surface area (Å²) in [4.78, 5) is 2.52. The second-order valence-electron chi connectivity index (χ2n) is 5.37. The molecule has 2 aliphatic carbocycles. The first-order chi connectivity index (χ1) is 7.31. The van der Waals surface area contributed by atoms with Crippen molar-refractivity contribution in [3.05, 3.63) is 0 Å². The van der Waals surface area contributed by atoms with E-state index in [0.717, 1.165) is 18.0 Å². The van der Waals surface area contributed by atoms with Crippen LogP contribution in [-0.4, -0.2) is 37.1 Å². The first-order valence-electron chi connectivity index (χ1n) is 6.75. The molecule has 15 heavy (non-hydrogen) atoms. The Morgan fingerprint density at radius 2 is 2.00 bits per heavy atom. The molecule has 1 N–H and O–H groups in total. The van der Waals surface area contributed by atoms with Crippen LogP contribution in [0.3, 0.4) is 0 Å². The fraction of sp³-hybridized carbons (Fsp3) is 1.00. The number of rotatable bonds is 6. The molecule has 2 fully saturated rings. The summed E-state index contributed by atoms with van der Waals surface area (Å²) in [7, 11) is 2.27. The zero-order valence-corrected chi connectivity index (χ0v) is 10.3. The predicted molar refractivity (Wildman–Crippen MR) is 65.1 cm³/mol. The van der Waals surface area contributed by atoms with E-state index in [-0.39, 0.29) is 0 Å². The minimum atomic E-state index is 0.822. The van der Waals surface area contributed by atoms with Crippen molar-refractivity contribution in [2.75, 3.05) is 20.1 Å². The van der Waals surface area contributed by atoms with E-state index in [1.165, 1.54) is 51.6 Å². The molecule has 0 heterocycles. The molecule has 88 valence electrons. The molecule has 0 bridgehead atoms. The van der Waals surface area contributed by atoms with Crippen molar-refractivity contribution in [2.45, 2.75) is 57.5 Å². The Morgan fingerprint density at radius 1 is 1.20 bits per heavy atom. The van der Waals surface area contributed by atoms with Crippen molar-refractivity contribution in [1.29, 1.82) is 0 Å². The number of nitrogens with zero attached hydrogens (tertiary/aromatic N) is 1. The van der Waals surface area contributed by atoms with Gasteiger partial charge >= 0.3 is 0 Å². The summed E-state index contributed by atoms with van der Waals surface area (Å²) in [6.45, 7) is 4.76. The van der Waals surface area contributed by atoms with E-state index in [2.05, 4.69) is 24.2 Å². The van der Waals surface area contributed by atoms with E-state index < -0.39 is 0 Å². The van der Waals surface area contributed by atoms with Gasteiger partial charge in [0.1, 0.15) is 0 Å². The van der Waals surface area contributed by atoms with Crippen molar-refractivity contribution in [2.24, 2.45) is 5.92 Å². The highest BCUT2D eigenvalue weighted by Crippen LogP contribution is 2.28. The second kappa shape index (κ2) is 5.31. The van der Waals surface area contributed by atoms with Crippen LogP contribution in [0.5, 0.6) is 0 Å². The van der Waals surface area contributed by atoms with Crippen LogP contribution < -0.4 is 5.32 Å². The van der Waals surface area contributed by atoms with Crippen LogP contribution in [0.2, 0.25) is 0 Å². The molecule has 2 heteroatoms. The maximum absolute atomic E-state index is 3.75. The summed E-state index contributed by atoms with van der Waals surface area (Å²) in [5.74, 6) is 0.955. The molecule has 0 spiro atoms. The van der Waals surface area contributed by atoms with Crippen LogP contribution in [0.25, 0.3) is 0 Å². The van der Waals surface area contributed by atoms with E-state index in [9.17, 15) is 0 Å². The first-order valence-corrected chi connectivity index (χ1v) is 6.75. The molecule has 0 aromatic carbocycles. The lowest BCUT2D eigenvalue weighted by Crippen LogP contribution is -2.38. The lowest BCUT2D eigenvalue weighted by Gasteiger charge is -2.22. The highest BCUT2D eigenvalue weighted by Gasteiger charge is 2.27. The van der Waals surface area contributed by atoms with Gasteiger partial charge in [-0.15, -0.1) is 0 Å². The average Bonchev–Trinajstić information content (AvgIpc) is 2.99. The summed E-state index contributed by atoms with van der Waals surface area (Å²) in [6.07, 6.45) is 8.51.